The normalized spacial score (nSPS) is 27.2. The van der Waals surface area contributed by atoms with Crippen LogP contribution in [0, 0.1) is 5.41 Å². The summed E-state index contributed by atoms with van der Waals surface area (Å²) >= 11 is 0. The predicted molar refractivity (Wildman–Crippen MR) is 64.6 cm³/mol. The number of ether oxygens (including phenoxy) is 2. The first-order chi connectivity index (χ1) is 7.85. The van der Waals surface area contributed by atoms with Crippen LogP contribution in [-0.2, 0) is 9.47 Å². The summed E-state index contributed by atoms with van der Waals surface area (Å²) in [6, 6.07) is 0. The molecule has 1 N–H and O–H groups in total. The van der Waals surface area contributed by atoms with E-state index in [0.717, 1.165) is 19.8 Å². The van der Waals surface area contributed by atoms with Crippen LogP contribution >= 0.6 is 0 Å². The maximum atomic E-state index is 5.61. The average molecular weight is 227 g/mol. The van der Waals surface area contributed by atoms with Crippen molar-refractivity contribution >= 4 is 0 Å². The van der Waals surface area contributed by atoms with Gasteiger partial charge in [0.25, 0.3) is 0 Å². The van der Waals surface area contributed by atoms with Crippen molar-refractivity contribution in [2.24, 2.45) is 5.41 Å². The molecule has 0 bridgehead atoms. The van der Waals surface area contributed by atoms with Crippen LogP contribution in [-0.4, -0.2) is 39.5 Å². The van der Waals surface area contributed by atoms with Gasteiger partial charge in [0.15, 0.2) is 0 Å². The maximum Gasteiger partial charge on any atom is 0.0588 e. The fourth-order valence-electron chi connectivity index (χ4n) is 2.50. The highest BCUT2D eigenvalue weighted by Gasteiger charge is 2.41. The van der Waals surface area contributed by atoms with Gasteiger partial charge in [0, 0.05) is 26.9 Å². The van der Waals surface area contributed by atoms with Gasteiger partial charge >= 0.3 is 0 Å². The molecule has 1 saturated heterocycles. The van der Waals surface area contributed by atoms with Gasteiger partial charge in [-0.15, -0.1) is 0 Å². The minimum absolute atomic E-state index is 0.529. The molecule has 1 saturated carbocycles. The van der Waals surface area contributed by atoms with E-state index >= 15 is 0 Å². The monoisotopic (exact) mass is 227 g/mol. The quantitative estimate of drug-likeness (QED) is 0.643. The van der Waals surface area contributed by atoms with E-state index in [0.29, 0.717) is 11.5 Å². The van der Waals surface area contributed by atoms with Crippen molar-refractivity contribution in [2.75, 3.05) is 33.4 Å². The van der Waals surface area contributed by atoms with E-state index in [2.05, 4.69) is 5.32 Å². The molecular weight excluding hydrogens is 202 g/mol. The first kappa shape index (κ1) is 12.3. The summed E-state index contributed by atoms with van der Waals surface area (Å²) in [5.74, 6) is 0. The number of hydrogen-bond donors (Lipinski definition) is 1. The lowest BCUT2D eigenvalue weighted by Gasteiger charge is -2.16. The molecular formula is C13H25NO2. The SMILES string of the molecule is COCCC1(CNCCC2CCCO2)CC1. The van der Waals surface area contributed by atoms with Crippen molar-refractivity contribution in [2.45, 2.75) is 44.6 Å². The smallest absolute Gasteiger partial charge is 0.0588 e. The Balaban J connectivity index is 1.50. The van der Waals surface area contributed by atoms with E-state index in [-0.39, 0.29) is 0 Å². The highest BCUT2D eigenvalue weighted by molar-refractivity contribution is 4.94. The molecule has 2 aliphatic rings. The molecule has 1 heterocycles. The van der Waals surface area contributed by atoms with Crippen LogP contribution in [0.5, 0.6) is 0 Å². The summed E-state index contributed by atoms with van der Waals surface area (Å²) in [6.45, 7) is 4.17. The molecule has 1 atom stereocenters. The summed E-state index contributed by atoms with van der Waals surface area (Å²) in [6.07, 6.45) is 8.20. The molecule has 2 fully saturated rings. The van der Waals surface area contributed by atoms with Gasteiger partial charge in [0.05, 0.1) is 6.10 Å². The molecule has 0 aromatic heterocycles. The Labute approximate surface area is 98.9 Å². The van der Waals surface area contributed by atoms with Crippen molar-refractivity contribution in [1.82, 2.24) is 5.32 Å². The molecule has 3 heteroatoms. The third-order valence-corrected chi connectivity index (χ3v) is 3.96. The number of methoxy groups -OCH3 is 1. The molecule has 0 aromatic rings. The van der Waals surface area contributed by atoms with E-state index in [1.54, 1.807) is 7.11 Å². The molecule has 0 spiro atoms. The predicted octanol–water partition coefficient (Wildman–Crippen LogP) is 1.96. The Morgan fingerprint density at radius 3 is 2.94 bits per heavy atom. The highest BCUT2D eigenvalue weighted by atomic mass is 16.5. The first-order valence-electron chi connectivity index (χ1n) is 6.66. The zero-order valence-electron chi connectivity index (χ0n) is 10.5. The Kier molecular flexibility index (Phi) is 4.62. The second-order valence-electron chi connectivity index (χ2n) is 5.34. The van der Waals surface area contributed by atoms with Crippen LogP contribution in [0.3, 0.4) is 0 Å². The van der Waals surface area contributed by atoms with E-state index in [1.807, 2.05) is 0 Å². The molecule has 2 rings (SSSR count). The van der Waals surface area contributed by atoms with E-state index < -0.39 is 0 Å². The Morgan fingerprint density at radius 2 is 2.31 bits per heavy atom. The van der Waals surface area contributed by atoms with Gasteiger partial charge in [-0.05, 0) is 50.5 Å². The van der Waals surface area contributed by atoms with Crippen LogP contribution in [0.1, 0.15) is 38.5 Å². The lowest BCUT2D eigenvalue weighted by molar-refractivity contribution is 0.103. The van der Waals surface area contributed by atoms with Crippen molar-refractivity contribution in [3.63, 3.8) is 0 Å². The molecule has 1 unspecified atom stereocenters. The zero-order chi connectivity index (χ0) is 11.3. The molecule has 1 aliphatic carbocycles. The van der Waals surface area contributed by atoms with Gasteiger partial charge in [0.1, 0.15) is 0 Å². The Bertz CT molecular complexity index is 198. The minimum atomic E-state index is 0.529. The van der Waals surface area contributed by atoms with Crippen molar-refractivity contribution in [3.05, 3.63) is 0 Å². The third-order valence-electron chi connectivity index (χ3n) is 3.96. The second kappa shape index (κ2) is 5.99. The molecule has 1 aliphatic heterocycles. The molecule has 94 valence electrons. The summed E-state index contributed by atoms with van der Waals surface area (Å²) in [5, 5.41) is 3.59. The Morgan fingerprint density at radius 1 is 1.44 bits per heavy atom. The fraction of sp³-hybridized carbons (Fsp3) is 1.00. The van der Waals surface area contributed by atoms with Crippen LogP contribution in [0.4, 0.5) is 0 Å². The fourth-order valence-corrected chi connectivity index (χ4v) is 2.50. The van der Waals surface area contributed by atoms with Crippen molar-refractivity contribution < 1.29 is 9.47 Å². The van der Waals surface area contributed by atoms with E-state index in [4.69, 9.17) is 9.47 Å². The summed E-state index contributed by atoms with van der Waals surface area (Å²) in [7, 11) is 1.79. The van der Waals surface area contributed by atoms with Gasteiger partial charge in [0.2, 0.25) is 0 Å². The van der Waals surface area contributed by atoms with Gasteiger partial charge in [-0.25, -0.2) is 0 Å². The number of hydrogen-bond acceptors (Lipinski definition) is 3. The highest BCUT2D eigenvalue weighted by Crippen LogP contribution is 2.48. The average Bonchev–Trinajstić information content (AvgIpc) is 2.87. The molecule has 0 radical (unpaired) electrons. The lowest BCUT2D eigenvalue weighted by atomic mass is 10.0. The van der Waals surface area contributed by atoms with Crippen LogP contribution in [0.15, 0.2) is 0 Å². The van der Waals surface area contributed by atoms with Crippen molar-refractivity contribution in [3.8, 4) is 0 Å². The molecule has 3 nitrogen and oxygen atoms in total. The van der Waals surface area contributed by atoms with Crippen LogP contribution in [0.25, 0.3) is 0 Å². The Hall–Kier alpha value is -0.120. The van der Waals surface area contributed by atoms with E-state index in [9.17, 15) is 0 Å². The minimum Gasteiger partial charge on any atom is -0.385 e. The lowest BCUT2D eigenvalue weighted by Crippen LogP contribution is -2.27. The maximum absolute atomic E-state index is 5.61. The third kappa shape index (κ3) is 3.72. The first-order valence-corrected chi connectivity index (χ1v) is 6.66. The molecule has 16 heavy (non-hydrogen) atoms. The standard InChI is InChI=1S/C13H25NO2/c1-15-10-7-13(5-6-13)11-14-8-4-12-3-2-9-16-12/h12,14H,2-11H2,1H3. The molecule has 0 amide bonds. The van der Waals surface area contributed by atoms with Gasteiger partial charge in [-0.3, -0.25) is 0 Å². The van der Waals surface area contributed by atoms with Crippen LogP contribution < -0.4 is 5.32 Å². The second-order valence-corrected chi connectivity index (χ2v) is 5.34. The summed E-state index contributed by atoms with van der Waals surface area (Å²) < 4.78 is 10.8. The largest absolute Gasteiger partial charge is 0.385 e. The van der Waals surface area contributed by atoms with Gasteiger partial charge < -0.3 is 14.8 Å². The van der Waals surface area contributed by atoms with Gasteiger partial charge in [-0.1, -0.05) is 0 Å². The topological polar surface area (TPSA) is 30.5 Å². The van der Waals surface area contributed by atoms with E-state index in [1.165, 1.54) is 45.1 Å². The molecule has 0 aromatic carbocycles. The number of rotatable bonds is 8. The number of nitrogens with one attached hydrogen (secondary N) is 1. The zero-order valence-corrected chi connectivity index (χ0v) is 10.5. The summed E-state index contributed by atoms with van der Waals surface area (Å²) in [5.41, 5.74) is 0.576. The van der Waals surface area contributed by atoms with Gasteiger partial charge in [-0.2, -0.15) is 0 Å². The summed E-state index contributed by atoms with van der Waals surface area (Å²) in [4.78, 5) is 0. The van der Waals surface area contributed by atoms with Crippen molar-refractivity contribution in [1.29, 1.82) is 0 Å². The van der Waals surface area contributed by atoms with Crippen LogP contribution in [0.2, 0.25) is 0 Å².